The quantitative estimate of drug-likeness (QED) is 0.797. The summed E-state index contributed by atoms with van der Waals surface area (Å²) in [7, 11) is -3.13. The zero-order chi connectivity index (χ0) is 14.3. The summed E-state index contributed by atoms with van der Waals surface area (Å²) in [5.41, 5.74) is 0. The van der Waals surface area contributed by atoms with Crippen molar-refractivity contribution in [1.29, 1.82) is 0 Å². The van der Waals surface area contributed by atoms with Gasteiger partial charge in [0.2, 0.25) is 0 Å². The number of likely N-dealkylation sites (tertiary alicyclic amines) is 1. The van der Waals surface area contributed by atoms with Crippen molar-refractivity contribution in [2.45, 2.75) is 56.7 Å². The third kappa shape index (κ3) is 2.65. The van der Waals surface area contributed by atoms with Crippen molar-refractivity contribution in [2.75, 3.05) is 18.1 Å². The Bertz CT molecular complexity index is 489. The molecule has 3 fully saturated rings. The van der Waals surface area contributed by atoms with Gasteiger partial charge in [0.15, 0.2) is 9.84 Å². The Kier molecular flexibility index (Phi) is 3.90. The second-order valence-corrected chi connectivity index (χ2v) is 8.63. The molecule has 1 saturated carbocycles. The van der Waals surface area contributed by atoms with E-state index in [2.05, 4.69) is 4.90 Å². The zero-order valence-electron chi connectivity index (χ0n) is 11.7. The molecule has 0 spiro atoms. The van der Waals surface area contributed by atoms with Gasteiger partial charge in [0, 0.05) is 18.4 Å². The van der Waals surface area contributed by atoms with Crippen LogP contribution >= 0.6 is 0 Å². The van der Waals surface area contributed by atoms with Crippen molar-refractivity contribution in [1.82, 2.24) is 4.90 Å². The van der Waals surface area contributed by atoms with Gasteiger partial charge in [0.1, 0.15) is 5.78 Å². The van der Waals surface area contributed by atoms with Crippen molar-refractivity contribution >= 4 is 15.6 Å². The van der Waals surface area contributed by atoms with E-state index in [0.29, 0.717) is 12.2 Å². The van der Waals surface area contributed by atoms with E-state index < -0.39 is 15.9 Å². The van der Waals surface area contributed by atoms with Crippen LogP contribution in [0.1, 0.15) is 38.5 Å². The third-order valence-electron chi connectivity index (χ3n) is 5.13. The van der Waals surface area contributed by atoms with Crippen LogP contribution in [0.15, 0.2) is 0 Å². The molecule has 0 aromatic heterocycles. The molecule has 0 amide bonds. The number of ketones is 1. The fraction of sp³-hybridized carbons (Fsp3) is 0.929. The number of Topliss-reactive ketones (excluding diaryl/α,β-unsaturated/α-hetero) is 1. The molecule has 1 N–H and O–H groups in total. The lowest BCUT2D eigenvalue weighted by molar-refractivity contribution is -0.124. The van der Waals surface area contributed by atoms with Gasteiger partial charge in [-0.2, -0.15) is 0 Å². The number of rotatable bonds is 2. The van der Waals surface area contributed by atoms with E-state index in [1.807, 2.05) is 0 Å². The zero-order valence-corrected chi connectivity index (χ0v) is 12.5. The summed E-state index contributed by atoms with van der Waals surface area (Å²) in [5, 5.41) is 10.1. The molecule has 2 saturated heterocycles. The van der Waals surface area contributed by atoms with Crippen LogP contribution < -0.4 is 0 Å². The molecule has 2 heterocycles. The number of piperidine rings is 1. The number of aliphatic hydroxyl groups excluding tert-OH is 1. The van der Waals surface area contributed by atoms with Crippen LogP contribution in [-0.4, -0.2) is 60.4 Å². The Balaban J connectivity index is 1.80. The molecule has 0 bridgehead atoms. The van der Waals surface area contributed by atoms with E-state index >= 15 is 0 Å². The largest absolute Gasteiger partial charge is 0.390 e. The van der Waals surface area contributed by atoms with E-state index in [1.54, 1.807) is 0 Å². The molecule has 4 unspecified atom stereocenters. The lowest BCUT2D eigenvalue weighted by Gasteiger charge is -2.42. The SMILES string of the molecule is O=C1CCCC1C1CCCCN1C1CS(=O)(=O)CC1O. The highest BCUT2D eigenvalue weighted by atomic mass is 32.2. The molecule has 0 radical (unpaired) electrons. The maximum Gasteiger partial charge on any atom is 0.154 e. The van der Waals surface area contributed by atoms with Gasteiger partial charge in [-0.3, -0.25) is 9.69 Å². The van der Waals surface area contributed by atoms with Crippen LogP contribution in [-0.2, 0) is 14.6 Å². The number of carbonyl (C=O) groups excluding carboxylic acids is 1. The average Bonchev–Trinajstić information content (AvgIpc) is 2.92. The van der Waals surface area contributed by atoms with Crippen molar-refractivity contribution < 1.29 is 18.3 Å². The number of hydrogen-bond acceptors (Lipinski definition) is 5. The van der Waals surface area contributed by atoms with Crippen LogP contribution in [0.4, 0.5) is 0 Å². The average molecular weight is 301 g/mol. The van der Waals surface area contributed by atoms with Crippen LogP contribution in [0.2, 0.25) is 0 Å². The van der Waals surface area contributed by atoms with Crippen molar-refractivity contribution in [3.05, 3.63) is 0 Å². The minimum atomic E-state index is -3.13. The van der Waals surface area contributed by atoms with Crippen LogP contribution in [0.3, 0.4) is 0 Å². The molecule has 1 aliphatic carbocycles. The maximum atomic E-state index is 12.0. The molecular formula is C14H23NO4S. The first kappa shape index (κ1) is 14.5. The first-order valence-electron chi connectivity index (χ1n) is 7.65. The van der Waals surface area contributed by atoms with Crippen LogP contribution in [0.5, 0.6) is 0 Å². The van der Waals surface area contributed by atoms with Gasteiger partial charge >= 0.3 is 0 Å². The molecule has 0 aromatic rings. The molecule has 4 atom stereocenters. The van der Waals surface area contributed by atoms with Gasteiger partial charge in [-0.05, 0) is 32.2 Å². The Morgan fingerprint density at radius 2 is 1.85 bits per heavy atom. The minimum absolute atomic E-state index is 0.0472. The first-order valence-corrected chi connectivity index (χ1v) is 9.47. The fourth-order valence-corrected chi connectivity index (χ4v) is 6.01. The van der Waals surface area contributed by atoms with Crippen LogP contribution in [0.25, 0.3) is 0 Å². The lowest BCUT2D eigenvalue weighted by Crippen LogP contribution is -2.54. The van der Waals surface area contributed by atoms with Gasteiger partial charge < -0.3 is 5.11 Å². The van der Waals surface area contributed by atoms with Gasteiger partial charge in [-0.1, -0.05) is 6.42 Å². The Hall–Kier alpha value is -0.460. The Morgan fingerprint density at radius 1 is 1.05 bits per heavy atom. The summed E-state index contributed by atoms with van der Waals surface area (Å²) in [4.78, 5) is 14.2. The van der Waals surface area contributed by atoms with E-state index in [9.17, 15) is 18.3 Å². The standard InChI is InChI=1S/C14H23NO4S/c16-13-6-3-4-10(13)11-5-1-2-7-15(11)12-8-20(18,19)9-14(12)17/h10-12,14,17H,1-9H2. The van der Waals surface area contributed by atoms with Crippen molar-refractivity contribution in [2.24, 2.45) is 5.92 Å². The molecule has 5 nitrogen and oxygen atoms in total. The highest BCUT2D eigenvalue weighted by Gasteiger charge is 2.46. The van der Waals surface area contributed by atoms with Crippen molar-refractivity contribution in [3.8, 4) is 0 Å². The van der Waals surface area contributed by atoms with Gasteiger partial charge in [0.05, 0.1) is 23.7 Å². The van der Waals surface area contributed by atoms with E-state index in [1.165, 1.54) is 0 Å². The summed E-state index contributed by atoms with van der Waals surface area (Å²) >= 11 is 0. The predicted octanol–water partition coefficient (Wildman–Crippen LogP) is 0.368. The van der Waals surface area contributed by atoms with Gasteiger partial charge in [0.25, 0.3) is 0 Å². The summed E-state index contributed by atoms with van der Waals surface area (Å²) in [6.07, 6.45) is 4.84. The summed E-state index contributed by atoms with van der Waals surface area (Å²) in [5.74, 6) is 0.313. The number of carbonyl (C=O) groups is 1. The fourth-order valence-electron chi connectivity index (χ4n) is 4.20. The maximum absolute atomic E-state index is 12.0. The summed E-state index contributed by atoms with van der Waals surface area (Å²) in [6, 6.07) is -0.162. The minimum Gasteiger partial charge on any atom is -0.390 e. The molecule has 3 aliphatic rings. The topological polar surface area (TPSA) is 74.7 Å². The molecule has 114 valence electrons. The van der Waals surface area contributed by atoms with Crippen molar-refractivity contribution in [3.63, 3.8) is 0 Å². The second-order valence-electron chi connectivity index (χ2n) is 6.48. The number of aliphatic hydroxyl groups is 1. The summed E-state index contributed by atoms with van der Waals surface area (Å²) in [6.45, 7) is 0.811. The van der Waals surface area contributed by atoms with E-state index in [0.717, 1.165) is 38.6 Å². The molecule has 20 heavy (non-hydrogen) atoms. The third-order valence-corrected chi connectivity index (χ3v) is 6.83. The molecule has 6 heteroatoms. The number of sulfone groups is 1. The highest BCUT2D eigenvalue weighted by molar-refractivity contribution is 7.91. The Labute approximate surface area is 120 Å². The number of nitrogens with zero attached hydrogens (tertiary/aromatic N) is 1. The smallest absolute Gasteiger partial charge is 0.154 e. The monoisotopic (exact) mass is 301 g/mol. The highest BCUT2D eigenvalue weighted by Crippen LogP contribution is 2.35. The van der Waals surface area contributed by atoms with Gasteiger partial charge in [-0.15, -0.1) is 0 Å². The van der Waals surface area contributed by atoms with Gasteiger partial charge in [-0.25, -0.2) is 8.42 Å². The summed E-state index contributed by atoms with van der Waals surface area (Å²) < 4.78 is 23.5. The van der Waals surface area contributed by atoms with Crippen LogP contribution in [0, 0.1) is 5.92 Å². The molecule has 2 aliphatic heterocycles. The second kappa shape index (κ2) is 5.39. The molecule has 3 rings (SSSR count). The van der Waals surface area contributed by atoms with E-state index in [-0.39, 0.29) is 29.5 Å². The lowest BCUT2D eigenvalue weighted by atomic mass is 9.87. The predicted molar refractivity (Wildman–Crippen MR) is 75.1 cm³/mol. The molecule has 0 aromatic carbocycles. The normalized spacial score (nSPS) is 42.1. The van der Waals surface area contributed by atoms with E-state index in [4.69, 9.17) is 0 Å². The Morgan fingerprint density at radius 3 is 2.45 bits per heavy atom. The molecular weight excluding hydrogens is 278 g/mol. The first-order chi connectivity index (χ1) is 9.48. The number of hydrogen-bond donors (Lipinski definition) is 1.